The lowest BCUT2D eigenvalue weighted by Crippen LogP contribution is -2.04. The number of thioether (sulfide) groups is 1. The Morgan fingerprint density at radius 2 is 2.32 bits per heavy atom. The van der Waals surface area contributed by atoms with E-state index in [1.807, 2.05) is 0 Å². The molecule has 1 aliphatic rings. The molecule has 3 rings (SSSR count). The van der Waals surface area contributed by atoms with Crippen molar-refractivity contribution >= 4 is 52.1 Å². The fourth-order valence-corrected chi connectivity index (χ4v) is 3.89. The van der Waals surface area contributed by atoms with Crippen LogP contribution in [-0.4, -0.2) is 31.7 Å². The summed E-state index contributed by atoms with van der Waals surface area (Å²) in [4.78, 5) is 12.0. The third kappa shape index (κ3) is 2.94. The minimum atomic E-state index is -0.0662. The molecule has 0 radical (unpaired) electrons. The van der Waals surface area contributed by atoms with E-state index in [1.54, 1.807) is 10.7 Å². The van der Waals surface area contributed by atoms with Crippen molar-refractivity contribution in [1.29, 1.82) is 0 Å². The van der Waals surface area contributed by atoms with Gasteiger partial charge in [-0.1, -0.05) is 35.0 Å². The molecule has 0 bridgehead atoms. The van der Waals surface area contributed by atoms with Crippen LogP contribution in [0.15, 0.2) is 11.2 Å². The van der Waals surface area contributed by atoms with Crippen LogP contribution in [0.2, 0.25) is 8.67 Å². The minimum absolute atomic E-state index is 0.0662. The van der Waals surface area contributed by atoms with Gasteiger partial charge in [0.2, 0.25) is 5.16 Å². The average Bonchev–Trinajstić information content (AvgIpc) is 3.01. The largest absolute Gasteiger partial charge is 0.293 e. The lowest BCUT2D eigenvalue weighted by atomic mass is 10.2. The molecule has 2 heterocycles. The molecule has 0 aromatic carbocycles. The molecule has 100 valence electrons. The molecular weight excluding hydrogens is 327 g/mol. The lowest BCUT2D eigenvalue weighted by Gasteiger charge is -2.01. The molecule has 2 aromatic heterocycles. The first-order valence-corrected chi connectivity index (χ1v) is 8.09. The van der Waals surface area contributed by atoms with E-state index in [-0.39, 0.29) is 11.5 Å². The molecular formula is C10H8Cl2N4OS2. The smallest absolute Gasteiger partial charge is 0.210 e. The van der Waals surface area contributed by atoms with Gasteiger partial charge in [0.05, 0.1) is 16.1 Å². The van der Waals surface area contributed by atoms with Gasteiger partial charge in [0.1, 0.15) is 4.34 Å². The van der Waals surface area contributed by atoms with Crippen molar-refractivity contribution in [3.8, 4) is 0 Å². The molecule has 0 atom stereocenters. The summed E-state index contributed by atoms with van der Waals surface area (Å²) in [5, 5.41) is 12.2. The van der Waals surface area contributed by atoms with Crippen molar-refractivity contribution in [3.05, 3.63) is 20.3 Å². The second kappa shape index (κ2) is 5.40. The Kier molecular flexibility index (Phi) is 3.79. The fraction of sp³-hybridized carbons (Fsp3) is 0.400. The third-order valence-electron chi connectivity index (χ3n) is 2.64. The van der Waals surface area contributed by atoms with Crippen LogP contribution < -0.4 is 0 Å². The standard InChI is InChI=1S/C10H8Cl2N4OS2/c11-8-3-6(9(12)19-8)7(17)4-18-10-13-14-15-16(10)5-1-2-5/h3,5H,1-2,4H2. The molecule has 0 unspecified atom stereocenters. The monoisotopic (exact) mass is 334 g/mol. The highest BCUT2D eigenvalue weighted by atomic mass is 35.5. The molecule has 1 fully saturated rings. The van der Waals surface area contributed by atoms with E-state index in [0.717, 1.165) is 12.8 Å². The summed E-state index contributed by atoms with van der Waals surface area (Å²) >= 11 is 14.3. The first-order chi connectivity index (χ1) is 9.15. The number of nitrogens with zero attached hydrogens (tertiary/aromatic N) is 4. The average molecular weight is 335 g/mol. The normalized spacial score (nSPS) is 14.8. The molecule has 0 N–H and O–H groups in total. The van der Waals surface area contributed by atoms with E-state index in [0.29, 0.717) is 25.4 Å². The predicted octanol–water partition coefficient (Wildman–Crippen LogP) is 3.35. The second-order valence-corrected chi connectivity index (χ2v) is 7.32. The summed E-state index contributed by atoms with van der Waals surface area (Å²) in [6.45, 7) is 0. The van der Waals surface area contributed by atoms with Crippen molar-refractivity contribution in [2.45, 2.75) is 24.0 Å². The topological polar surface area (TPSA) is 60.7 Å². The van der Waals surface area contributed by atoms with Crippen LogP contribution in [-0.2, 0) is 0 Å². The Morgan fingerprint density at radius 3 is 2.95 bits per heavy atom. The number of hydrogen-bond acceptors (Lipinski definition) is 6. The van der Waals surface area contributed by atoms with Crippen LogP contribution in [0.5, 0.6) is 0 Å². The number of rotatable bonds is 5. The lowest BCUT2D eigenvalue weighted by molar-refractivity contribution is 0.102. The zero-order chi connectivity index (χ0) is 13.4. The quantitative estimate of drug-likeness (QED) is 0.619. The van der Waals surface area contributed by atoms with Gasteiger partial charge in [-0.15, -0.1) is 16.4 Å². The van der Waals surface area contributed by atoms with Crippen molar-refractivity contribution in [3.63, 3.8) is 0 Å². The highest BCUT2D eigenvalue weighted by Gasteiger charge is 2.28. The third-order valence-corrected chi connectivity index (χ3v) is 5.07. The minimum Gasteiger partial charge on any atom is -0.293 e. The molecule has 0 amide bonds. The number of carbonyl (C=O) groups is 1. The Labute approximate surface area is 127 Å². The van der Waals surface area contributed by atoms with E-state index in [2.05, 4.69) is 15.5 Å². The Hall–Kier alpha value is -0.630. The number of thiophene rings is 1. The first-order valence-electron chi connectivity index (χ1n) is 5.54. The van der Waals surface area contributed by atoms with Gasteiger partial charge >= 0.3 is 0 Å². The highest BCUT2D eigenvalue weighted by molar-refractivity contribution is 7.99. The van der Waals surface area contributed by atoms with E-state index in [9.17, 15) is 4.79 Å². The Morgan fingerprint density at radius 1 is 1.53 bits per heavy atom. The molecule has 0 saturated heterocycles. The molecule has 2 aromatic rings. The van der Waals surface area contributed by atoms with Crippen LogP contribution in [0.4, 0.5) is 0 Å². The molecule has 5 nitrogen and oxygen atoms in total. The van der Waals surface area contributed by atoms with Gasteiger partial charge < -0.3 is 0 Å². The number of tetrazole rings is 1. The van der Waals surface area contributed by atoms with Crippen molar-refractivity contribution in [2.75, 3.05) is 5.75 Å². The summed E-state index contributed by atoms with van der Waals surface area (Å²) < 4.78 is 2.72. The molecule has 0 aliphatic heterocycles. The SMILES string of the molecule is O=C(CSc1nnnn1C1CC1)c1cc(Cl)sc1Cl. The van der Waals surface area contributed by atoms with Gasteiger partial charge in [-0.2, -0.15) is 0 Å². The summed E-state index contributed by atoms with van der Waals surface area (Å²) in [5.41, 5.74) is 0.467. The zero-order valence-corrected chi connectivity index (χ0v) is 12.7. The summed E-state index contributed by atoms with van der Waals surface area (Å²) in [6.07, 6.45) is 2.19. The zero-order valence-electron chi connectivity index (χ0n) is 9.55. The summed E-state index contributed by atoms with van der Waals surface area (Å²) in [7, 11) is 0. The van der Waals surface area contributed by atoms with Gasteiger partial charge in [-0.05, 0) is 29.3 Å². The molecule has 1 aliphatic carbocycles. The van der Waals surface area contributed by atoms with Crippen LogP contribution in [0.25, 0.3) is 0 Å². The fourth-order valence-electron chi connectivity index (χ4n) is 1.57. The van der Waals surface area contributed by atoms with Crippen LogP contribution in [0, 0.1) is 0 Å². The second-order valence-electron chi connectivity index (χ2n) is 4.09. The number of carbonyl (C=O) groups excluding carboxylic acids is 1. The number of hydrogen-bond donors (Lipinski definition) is 0. The number of ketones is 1. The van der Waals surface area contributed by atoms with E-state index < -0.39 is 0 Å². The number of Topliss-reactive ketones (excluding diaryl/α,β-unsaturated/α-hetero) is 1. The van der Waals surface area contributed by atoms with E-state index in [4.69, 9.17) is 23.2 Å². The van der Waals surface area contributed by atoms with E-state index >= 15 is 0 Å². The molecule has 19 heavy (non-hydrogen) atoms. The molecule has 0 spiro atoms. The number of aromatic nitrogens is 4. The van der Waals surface area contributed by atoms with Crippen molar-refractivity contribution in [2.24, 2.45) is 0 Å². The number of halogens is 2. The maximum atomic E-state index is 12.0. The van der Waals surface area contributed by atoms with Crippen molar-refractivity contribution in [1.82, 2.24) is 20.2 Å². The first kappa shape index (κ1) is 13.4. The van der Waals surface area contributed by atoms with Gasteiger partial charge in [-0.25, -0.2) is 4.68 Å². The van der Waals surface area contributed by atoms with Crippen LogP contribution in [0.1, 0.15) is 29.2 Å². The molecule has 1 saturated carbocycles. The highest BCUT2D eigenvalue weighted by Crippen LogP contribution is 2.37. The maximum Gasteiger partial charge on any atom is 0.210 e. The van der Waals surface area contributed by atoms with Crippen LogP contribution >= 0.6 is 46.3 Å². The Bertz CT molecular complexity index is 623. The van der Waals surface area contributed by atoms with Crippen LogP contribution in [0.3, 0.4) is 0 Å². The molecule has 9 heteroatoms. The van der Waals surface area contributed by atoms with Gasteiger partial charge in [0.25, 0.3) is 0 Å². The van der Waals surface area contributed by atoms with Crippen molar-refractivity contribution < 1.29 is 4.79 Å². The predicted molar refractivity (Wildman–Crippen MR) is 75.5 cm³/mol. The summed E-state index contributed by atoms with van der Waals surface area (Å²) in [6, 6.07) is 1.99. The van der Waals surface area contributed by atoms with Gasteiger partial charge in [-0.3, -0.25) is 4.79 Å². The Balaban J connectivity index is 1.67. The van der Waals surface area contributed by atoms with Gasteiger partial charge in [0, 0.05) is 5.56 Å². The van der Waals surface area contributed by atoms with Gasteiger partial charge in [0.15, 0.2) is 5.78 Å². The van der Waals surface area contributed by atoms with E-state index in [1.165, 1.54) is 23.1 Å². The summed E-state index contributed by atoms with van der Waals surface area (Å²) in [5.74, 6) is 0.184. The maximum absolute atomic E-state index is 12.0.